The van der Waals surface area contributed by atoms with Crippen molar-refractivity contribution in [3.63, 3.8) is 0 Å². The molecule has 0 heterocycles. The van der Waals surface area contributed by atoms with E-state index in [4.69, 9.17) is 5.11 Å². The van der Waals surface area contributed by atoms with Crippen molar-refractivity contribution in [1.29, 1.82) is 0 Å². The average Bonchev–Trinajstić information content (AvgIpc) is 2.64. The summed E-state index contributed by atoms with van der Waals surface area (Å²) in [6.45, 7) is 2.07. The van der Waals surface area contributed by atoms with Crippen LogP contribution in [0.4, 0.5) is 0 Å². The number of allylic oxidation sites excluding steroid dienone is 9. The first-order valence-corrected chi connectivity index (χ1v) is 9.21. The predicted octanol–water partition coefficient (Wildman–Crippen LogP) is 3.46. The largest absolute Gasteiger partial charge is 0.481 e. The molecule has 0 aliphatic rings. The van der Waals surface area contributed by atoms with E-state index in [9.17, 15) is 20.1 Å². The summed E-state index contributed by atoms with van der Waals surface area (Å²) in [4.78, 5) is 10.4. The second-order valence-corrected chi connectivity index (χ2v) is 5.92. The van der Waals surface area contributed by atoms with E-state index in [2.05, 4.69) is 19.1 Å². The first kappa shape index (κ1) is 24.8. The first-order valence-electron chi connectivity index (χ1n) is 9.21. The molecule has 5 heteroatoms. The minimum Gasteiger partial charge on any atom is -0.481 e. The molecule has 0 aromatic carbocycles. The molecular formula is C22H32O5. The molecule has 0 aromatic rings. The smallest absolute Gasteiger partial charge is 0.303 e. The van der Waals surface area contributed by atoms with Crippen molar-refractivity contribution in [2.24, 2.45) is 0 Å². The number of carbonyl (C=O) groups is 1. The molecule has 0 rings (SSSR count). The Balaban J connectivity index is 4.06. The van der Waals surface area contributed by atoms with Gasteiger partial charge >= 0.3 is 5.97 Å². The molecule has 27 heavy (non-hydrogen) atoms. The van der Waals surface area contributed by atoms with Gasteiger partial charge in [-0.15, -0.1) is 0 Å². The highest BCUT2D eigenvalue weighted by Gasteiger charge is 2.10. The van der Waals surface area contributed by atoms with E-state index < -0.39 is 24.3 Å². The van der Waals surface area contributed by atoms with Crippen LogP contribution in [0.5, 0.6) is 0 Å². The second kappa shape index (κ2) is 17.2. The third kappa shape index (κ3) is 17.0. The lowest BCUT2D eigenvalue weighted by Crippen LogP contribution is -2.22. The summed E-state index contributed by atoms with van der Waals surface area (Å²) in [5.41, 5.74) is 0. The molecule has 4 N–H and O–H groups in total. The van der Waals surface area contributed by atoms with Crippen LogP contribution in [0.1, 0.15) is 39.0 Å². The fourth-order valence-corrected chi connectivity index (χ4v) is 1.94. The Morgan fingerprint density at radius 2 is 1.44 bits per heavy atom. The minimum atomic E-state index is -0.932. The number of aliphatic carboxylic acids is 1. The van der Waals surface area contributed by atoms with E-state index in [1.165, 1.54) is 12.2 Å². The fraction of sp³-hybridized carbons (Fsp3) is 0.409. The molecular weight excluding hydrogens is 344 g/mol. The minimum absolute atomic E-state index is 0.0696. The molecule has 0 saturated heterocycles. The maximum Gasteiger partial charge on any atom is 0.303 e. The Morgan fingerprint density at radius 3 is 2.07 bits per heavy atom. The average molecular weight is 376 g/mol. The second-order valence-electron chi connectivity index (χ2n) is 5.92. The van der Waals surface area contributed by atoms with Crippen molar-refractivity contribution < 1.29 is 25.2 Å². The molecule has 0 saturated carbocycles. The van der Waals surface area contributed by atoms with Crippen LogP contribution in [0.15, 0.2) is 72.9 Å². The molecule has 0 radical (unpaired) electrons. The highest BCUT2D eigenvalue weighted by atomic mass is 16.4. The lowest BCUT2D eigenvalue weighted by molar-refractivity contribution is -0.137. The van der Waals surface area contributed by atoms with Crippen LogP contribution in [0.2, 0.25) is 0 Å². The van der Waals surface area contributed by atoms with Crippen molar-refractivity contribution in [1.82, 2.24) is 0 Å². The Kier molecular flexibility index (Phi) is 15.8. The Bertz CT molecular complexity index is 555. The summed E-state index contributed by atoms with van der Waals surface area (Å²) < 4.78 is 0. The molecule has 0 amide bonds. The monoisotopic (exact) mass is 376 g/mol. The van der Waals surface area contributed by atoms with Crippen molar-refractivity contribution in [2.45, 2.75) is 57.3 Å². The van der Waals surface area contributed by atoms with Gasteiger partial charge < -0.3 is 20.4 Å². The van der Waals surface area contributed by atoms with Crippen molar-refractivity contribution in [2.75, 3.05) is 0 Å². The summed E-state index contributed by atoms with van der Waals surface area (Å²) in [6, 6.07) is 0. The van der Waals surface area contributed by atoms with Gasteiger partial charge in [-0.25, -0.2) is 0 Å². The van der Waals surface area contributed by atoms with E-state index in [1.807, 2.05) is 12.2 Å². The molecule has 3 atom stereocenters. The van der Waals surface area contributed by atoms with Gasteiger partial charge in [-0.3, -0.25) is 4.79 Å². The number of hydrogen-bond acceptors (Lipinski definition) is 4. The van der Waals surface area contributed by atoms with E-state index >= 15 is 0 Å². The molecule has 0 unspecified atom stereocenters. The molecule has 0 aromatic heterocycles. The number of aliphatic hydroxyl groups is 3. The summed E-state index contributed by atoms with van der Waals surface area (Å²) in [5.74, 6) is -0.930. The van der Waals surface area contributed by atoms with Gasteiger partial charge in [-0.05, 0) is 25.7 Å². The summed E-state index contributed by atoms with van der Waals surface area (Å²) in [5, 5.41) is 37.7. The van der Waals surface area contributed by atoms with Crippen molar-refractivity contribution in [3.8, 4) is 0 Å². The highest BCUT2D eigenvalue weighted by Crippen LogP contribution is 2.03. The lowest BCUT2D eigenvalue weighted by atomic mass is 10.1. The van der Waals surface area contributed by atoms with E-state index in [1.54, 1.807) is 36.5 Å². The lowest BCUT2D eigenvalue weighted by Gasteiger charge is -2.11. The van der Waals surface area contributed by atoms with Gasteiger partial charge in [0.2, 0.25) is 0 Å². The van der Waals surface area contributed by atoms with Crippen LogP contribution in [0, 0.1) is 0 Å². The van der Waals surface area contributed by atoms with Crippen LogP contribution in [0.25, 0.3) is 0 Å². The topological polar surface area (TPSA) is 98.0 Å². The summed E-state index contributed by atoms with van der Waals surface area (Å²) in [6.07, 6.45) is 21.0. The van der Waals surface area contributed by atoms with Crippen LogP contribution < -0.4 is 0 Å². The quantitative estimate of drug-likeness (QED) is 0.275. The van der Waals surface area contributed by atoms with E-state index in [0.29, 0.717) is 6.42 Å². The van der Waals surface area contributed by atoms with Crippen molar-refractivity contribution in [3.05, 3.63) is 72.9 Å². The zero-order chi connectivity index (χ0) is 20.3. The molecule has 0 aliphatic heterocycles. The number of rotatable bonds is 14. The maximum atomic E-state index is 10.4. The molecule has 0 fully saturated rings. The Morgan fingerprint density at radius 1 is 0.852 bits per heavy atom. The summed E-state index contributed by atoms with van der Waals surface area (Å²) in [7, 11) is 0. The van der Waals surface area contributed by atoms with Crippen LogP contribution in [-0.4, -0.2) is 44.7 Å². The third-order valence-corrected chi connectivity index (χ3v) is 3.46. The third-order valence-electron chi connectivity index (χ3n) is 3.46. The number of carboxylic acids is 1. The molecule has 0 bridgehead atoms. The van der Waals surface area contributed by atoms with Crippen LogP contribution >= 0.6 is 0 Å². The number of aliphatic hydroxyl groups excluding tert-OH is 3. The molecule has 150 valence electrons. The zero-order valence-corrected chi connectivity index (χ0v) is 15.9. The van der Waals surface area contributed by atoms with E-state index in [0.717, 1.165) is 12.8 Å². The van der Waals surface area contributed by atoms with Crippen LogP contribution in [-0.2, 0) is 4.79 Å². The van der Waals surface area contributed by atoms with Gasteiger partial charge in [0.05, 0.1) is 18.3 Å². The SMILES string of the molecule is CC/C=C\C/C=C\C[C@H](O)[C@H](O)/C=C/C=C/C=C\C=C\[C@@H](O)CCC(=O)O. The summed E-state index contributed by atoms with van der Waals surface area (Å²) >= 11 is 0. The zero-order valence-electron chi connectivity index (χ0n) is 15.9. The maximum absolute atomic E-state index is 10.4. The predicted molar refractivity (Wildman–Crippen MR) is 109 cm³/mol. The first-order chi connectivity index (χ1) is 13.0. The highest BCUT2D eigenvalue weighted by molar-refractivity contribution is 5.66. The molecule has 0 aliphatic carbocycles. The van der Waals surface area contributed by atoms with Gasteiger partial charge in [-0.2, -0.15) is 0 Å². The van der Waals surface area contributed by atoms with Gasteiger partial charge in [0, 0.05) is 6.42 Å². The van der Waals surface area contributed by atoms with Gasteiger partial charge in [-0.1, -0.05) is 79.8 Å². The fourth-order valence-electron chi connectivity index (χ4n) is 1.94. The Hall–Kier alpha value is -2.21. The Labute approximate surface area is 162 Å². The van der Waals surface area contributed by atoms with Crippen LogP contribution in [0.3, 0.4) is 0 Å². The van der Waals surface area contributed by atoms with Crippen molar-refractivity contribution >= 4 is 5.97 Å². The molecule has 5 nitrogen and oxygen atoms in total. The van der Waals surface area contributed by atoms with Gasteiger partial charge in [0.25, 0.3) is 0 Å². The van der Waals surface area contributed by atoms with Gasteiger partial charge in [0.15, 0.2) is 0 Å². The normalized spacial score (nSPS) is 16.6. The van der Waals surface area contributed by atoms with E-state index in [-0.39, 0.29) is 12.8 Å². The number of carboxylic acid groups (broad SMARTS) is 1. The molecule has 0 spiro atoms. The standard InChI is InChI=1S/C22H32O5/c1-2-3-4-5-9-12-15-20(24)21(25)16-13-10-7-6-8-11-14-19(23)17-18-22(26)27/h3-4,6-14,16,19-21,23-25H,2,5,15,17-18H2,1H3,(H,26,27)/b4-3-,8-6-,10-7+,12-9-,14-11+,16-13+/t19-,20+,21-/m1/s1. The van der Waals surface area contributed by atoms with Gasteiger partial charge in [0.1, 0.15) is 0 Å². The number of hydrogen-bond donors (Lipinski definition) is 4.